The van der Waals surface area contributed by atoms with E-state index in [1.165, 1.54) is 10.4 Å². The number of aromatic nitrogens is 1. The Morgan fingerprint density at radius 2 is 1.92 bits per heavy atom. The van der Waals surface area contributed by atoms with E-state index in [2.05, 4.69) is 5.16 Å². The Kier molecular flexibility index (Phi) is 5.43. The molecule has 0 aliphatic carbocycles. The minimum absolute atomic E-state index is 0.0295. The molecule has 2 heterocycles. The molecule has 8 heteroatoms. The van der Waals surface area contributed by atoms with Crippen molar-refractivity contribution in [3.05, 3.63) is 46.8 Å². The Morgan fingerprint density at radius 1 is 1.19 bits per heavy atom. The average Bonchev–Trinajstić information content (AvgIpc) is 3.06. The lowest BCUT2D eigenvalue weighted by Crippen LogP contribution is -2.36. The van der Waals surface area contributed by atoms with Gasteiger partial charge < -0.3 is 9.26 Å². The summed E-state index contributed by atoms with van der Waals surface area (Å²) in [5.74, 6) is 0.0297. The number of ether oxygens (including phenoxy) is 1. The summed E-state index contributed by atoms with van der Waals surface area (Å²) in [5, 5.41) is 3.76. The van der Waals surface area contributed by atoms with Crippen LogP contribution in [0.4, 0.5) is 0 Å². The monoisotopic (exact) mass is 378 g/mol. The maximum atomic E-state index is 12.9. The van der Waals surface area contributed by atoms with E-state index in [4.69, 9.17) is 9.26 Å². The van der Waals surface area contributed by atoms with Gasteiger partial charge in [-0.2, -0.15) is 4.31 Å². The van der Waals surface area contributed by atoms with E-state index >= 15 is 0 Å². The first kappa shape index (κ1) is 18.6. The van der Waals surface area contributed by atoms with Gasteiger partial charge in [0.1, 0.15) is 18.1 Å². The van der Waals surface area contributed by atoms with Crippen molar-refractivity contribution in [1.29, 1.82) is 0 Å². The summed E-state index contributed by atoms with van der Waals surface area (Å²) in [5.41, 5.74) is 1.31. The Balaban J connectivity index is 1.79. The minimum Gasteiger partial charge on any atom is -0.455 e. The van der Waals surface area contributed by atoms with Crippen LogP contribution >= 0.6 is 0 Å². The molecule has 1 aliphatic heterocycles. The van der Waals surface area contributed by atoms with Crippen LogP contribution in [-0.2, 0) is 21.4 Å². The number of benzene rings is 1. The molecule has 2 aromatic rings. The number of nitrogens with zero attached hydrogens (tertiary/aromatic N) is 2. The number of rotatable bonds is 5. The van der Waals surface area contributed by atoms with E-state index < -0.39 is 16.0 Å². The SMILES string of the molecule is Cc1cc(COC(=O)c2ccc(C)c(S(=O)(=O)N3CCCCC3)c2)no1. The molecule has 0 radical (unpaired) electrons. The highest BCUT2D eigenvalue weighted by atomic mass is 32.2. The molecule has 0 saturated carbocycles. The summed E-state index contributed by atoms with van der Waals surface area (Å²) in [6, 6.07) is 6.28. The number of esters is 1. The summed E-state index contributed by atoms with van der Waals surface area (Å²) in [4.78, 5) is 12.5. The number of hydrogen-bond acceptors (Lipinski definition) is 6. The van der Waals surface area contributed by atoms with Crippen LogP contribution in [0.25, 0.3) is 0 Å². The normalized spacial score (nSPS) is 15.8. The van der Waals surface area contributed by atoms with Crippen LogP contribution in [0.2, 0.25) is 0 Å². The van der Waals surface area contributed by atoms with Crippen LogP contribution < -0.4 is 0 Å². The van der Waals surface area contributed by atoms with Gasteiger partial charge in [0.15, 0.2) is 0 Å². The average molecular weight is 378 g/mol. The molecular weight excluding hydrogens is 356 g/mol. The van der Waals surface area contributed by atoms with E-state index in [0.29, 0.717) is 30.1 Å². The smallest absolute Gasteiger partial charge is 0.338 e. The Labute approximate surface area is 153 Å². The summed E-state index contributed by atoms with van der Waals surface area (Å²) in [6.07, 6.45) is 2.76. The van der Waals surface area contributed by atoms with Gasteiger partial charge in [-0.15, -0.1) is 0 Å². The fourth-order valence-corrected chi connectivity index (χ4v) is 4.73. The zero-order valence-electron chi connectivity index (χ0n) is 14.9. The number of sulfonamides is 1. The highest BCUT2D eigenvalue weighted by Crippen LogP contribution is 2.24. The fourth-order valence-electron chi connectivity index (χ4n) is 2.96. The third-order valence-electron chi connectivity index (χ3n) is 4.38. The van der Waals surface area contributed by atoms with Crippen molar-refractivity contribution in [3.8, 4) is 0 Å². The van der Waals surface area contributed by atoms with Gasteiger partial charge in [0.2, 0.25) is 10.0 Å². The summed E-state index contributed by atoms with van der Waals surface area (Å²) in [6.45, 7) is 4.47. The molecular formula is C18H22N2O5S. The second kappa shape index (κ2) is 7.59. The van der Waals surface area contributed by atoms with Crippen molar-refractivity contribution < 1.29 is 22.5 Å². The van der Waals surface area contributed by atoms with Crippen molar-refractivity contribution in [2.75, 3.05) is 13.1 Å². The van der Waals surface area contributed by atoms with Gasteiger partial charge in [0.25, 0.3) is 0 Å². The van der Waals surface area contributed by atoms with E-state index in [0.717, 1.165) is 19.3 Å². The number of piperidine rings is 1. The summed E-state index contributed by atoms with van der Waals surface area (Å²) in [7, 11) is -3.61. The van der Waals surface area contributed by atoms with Crippen LogP contribution in [0.5, 0.6) is 0 Å². The number of aryl methyl sites for hydroxylation is 2. The predicted molar refractivity (Wildman–Crippen MR) is 94.1 cm³/mol. The molecule has 26 heavy (non-hydrogen) atoms. The molecule has 7 nitrogen and oxygen atoms in total. The van der Waals surface area contributed by atoms with E-state index in [-0.39, 0.29) is 17.1 Å². The van der Waals surface area contributed by atoms with E-state index in [9.17, 15) is 13.2 Å². The molecule has 0 N–H and O–H groups in total. The third kappa shape index (κ3) is 3.96. The standard InChI is InChI=1S/C18H22N2O5S/c1-13-6-7-15(18(21)24-12-16-10-14(2)25-19-16)11-17(13)26(22,23)20-8-4-3-5-9-20/h6-7,10-11H,3-5,8-9,12H2,1-2H3. The lowest BCUT2D eigenvalue weighted by molar-refractivity contribution is 0.0464. The first-order chi connectivity index (χ1) is 12.4. The first-order valence-corrected chi connectivity index (χ1v) is 10.0. The van der Waals surface area contributed by atoms with Crippen molar-refractivity contribution in [2.45, 2.75) is 44.6 Å². The molecule has 0 amide bonds. The van der Waals surface area contributed by atoms with Crippen LogP contribution in [0.1, 0.15) is 46.6 Å². The van der Waals surface area contributed by atoms with Crippen molar-refractivity contribution in [3.63, 3.8) is 0 Å². The van der Waals surface area contributed by atoms with Crippen LogP contribution in [-0.4, -0.2) is 36.9 Å². The fraction of sp³-hybridized carbons (Fsp3) is 0.444. The molecule has 1 saturated heterocycles. The Hall–Kier alpha value is -2.19. The van der Waals surface area contributed by atoms with Crippen LogP contribution in [0.3, 0.4) is 0 Å². The quantitative estimate of drug-likeness (QED) is 0.743. The number of carbonyl (C=O) groups is 1. The van der Waals surface area contributed by atoms with E-state index in [1.54, 1.807) is 32.0 Å². The lowest BCUT2D eigenvalue weighted by Gasteiger charge is -2.26. The van der Waals surface area contributed by atoms with Crippen molar-refractivity contribution in [2.24, 2.45) is 0 Å². The highest BCUT2D eigenvalue weighted by Gasteiger charge is 2.28. The molecule has 3 rings (SSSR count). The first-order valence-electron chi connectivity index (χ1n) is 8.58. The van der Waals surface area contributed by atoms with Gasteiger partial charge in [-0.1, -0.05) is 17.6 Å². The topological polar surface area (TPSA) is 89.7 Å². The Bertz CT molecular complexity index is 898. The summed E-state index contributed by atoms with van der Waals surface area (Å²) < 4.78 is 37.5. The van der Waals surface area contributed by atoms with Crippen LogP contribution in [0.15, 0.2) is 33.7 Å². The molecule has 1 fully saturated rings. The minimum atomic E-state index is -3.61. The van der Waals surface area contributed by atoms with Crippen LogP contribution in [0, 0.1) is 13.8 Å². The second-order valence-corrected chi connectivity index (χ2v) is 8.36. The van der Waals surface area contributed by atoms with Gasteiger partial charge >= 0.3 is 5.97 Å². The van der Waals surface area contributed by atoms with Gasteiger partial charge in [-0.25, -0.2) is 13.2 Å². The lowest BCUT2D eigenvalue weighted by atomic mass is 10.1. The van der Waals surface area contributed by atoms with Gasteiger partial charge in [0, 0.05) is 19.2 Å². The van der Waals surface area contributed by atoms with Gasteiger partial charge in [0.05, 0.1) is 10.5 Å². The highest BCUT2D eigenvalue weighted by molar-refractivity contribution is 7.89. The third-order valence-corrected chi connectivity index (χ3v) is 6.43. The predicted octanol–water partition coefficient (Wildman–Crippen LogP) is 2.82. The largest absolute Gasteiger partial charge is 0.455 e. The molecule has 0 unspecified atom stereocenters. The number of hydrogen-bond donors (Lipinski definition) is 0. The van der Waals surface area contributed by atoms with Gasteiger partial charge in [-0.05, 0) is 44.4 Å². The molecule has 0 bridgehead atoms. The molecule has 1 aliphatic rings. The molecule has 140 valence electrons. The Morgan fingerprint density at radius 3 is 2.58 bits per heavy atom. The zero-order valence-corrected chi connectivity index (χ0v) is 15.7. The summed E-state index contributed by atoms with van der Waals surface area (Å²) >= 11 is 0. The molecule has 0 spiro atoms. The van der Waals surface area contributed by atoms with Gasteiger partial charge in [-0.3, -0.25) is 0 Å². The molecule has 1 aromatic heterocycles. The van der Waals surface area contributed by atoms with E-state index in [1.807, 2.05) is 0 Å². The second-order valence-electron chi connectivity index (χ2n) is 6.45. The maximum absolute atomic E-state index is 12.9. The number of carbonyl (C=O) groups excluding carboxylic acids is 1. The maximum Gasteiger partial charge on any atom is 0.338 e. The molecule has 1 aromatic carbocycles. The molecule has 0 atom stereocenters. The van der Waals surface area contributed by atoms with Crippen molar-refractivity contribution >= 4 is 16.0 Å². The zero-order chi connectivity index (χ0) is 18.7. The van der Waals surface area contributed by atoms with Crippen molar-refractivity contribution in [1.82, 2.24) is 9.46 Å².